The van der Waals surface area contributed by atoms with E-state index in [2.05, 4.69) is 24.1 Å². The molecule has 0 atom stereocenters. The SMILES string of the molecule is CCCNC(=O)OCCN(CC)CC. The summed E-state index contributed by atoms with van der Waals surface area (Å²) < 4.78 is 4.99. The second-order valence-electron chi connectivity index (χ2n) is 3.09. The first kappa shape index (κ1) is 13.2. The monoisotopic (exact) mass is 202 g/mol. The van der Waals surface area contributed by atoms with Crippen LogP contribution in [0, 0.1) is 0 Å². The lowest BCUT2D eigenvalue weighted by molar-refractivity contribution is 0.129. The third kappa shape index (κ3) is 6.71. The predicted octanol–water partition coefficient (Wildman–Crippen LogP) is 1.46. The van der Waals surface area contributed by atoms with Gasteiger partial charge in [0.2, 0.25) is 0 Å². The topological polar surface area (TPSA) is 41.6 Å². The number of amides is 1. The summed E-state index contributed by atoms with van der Waals surface area (Å²) in [6.45, 7) is 10.2. The number of carbonyl (C=O) groups excluding carboxylic acids is 1. The molecule has 84 valence electrons. The van der Waals surface area contributed by atoms with E-state index in [9.17, 15) is 4.79 Å². The zero-order valence-electron chi connectivity index (χ0n) is 9.51. The number of alkyl carbamates (subject to hydrolysis) is 1. The summed E-state index contributed by atoms with van der Waals surface area (Å²) in [5.74, 6) is 0. The Morgan fingerprint density at radius 2 is 1.93 bits per heavy atom. The van der Waals surface area contributed by atoms with Crippen LogP contribution in [0.15, 0.2) is 0 Å². The molecule has 0 aliphatic rings. The molecule has 0 bridgehead atoms. The maximum Gasteiger partial charge on any atom is 0.407 e. The van der Waals surface area contributed by atoms with Gasteiger partial charge in [0.15, 0.2) is 0 Å². The van der Waals surface area contributed by atoms with Crippen LogP contribution in [0.4, 0.5) is 4.79 Å². The van der Waals surface area contributed by atoms with Crippen LogP contribution in [-0.2, 0) is 4.74 Å². The van der Waals surface area contributed by atoms with Gasteiger partial charge in [0.25, 0.3) is 0 Å². The minimum absolute atomic E-state index is 0.306. The molecule has 0 heterocycles. The Bertz CT molecular complexity index is 147. The average molecular weight is 202 g/mol. The van der Waals surface area contributed by atoms with Gasteiger partial charge in [-0.3, -0.25) is 0 Å². The zero-order valence-corrected chi connectivity index (χ0v) is 9.51. The Kier molecular flexibility index (Phi) is 8.33. The van der Waals surface area contributed by atoms with Crippen molar-refractivity contribution in [3.8, 4) is 0 Å². The summed E-state index contributed by atoms with van der Waals surface area (Å²) in [6.07, 6.45) is 0.629. The molecule has 0 aromatic carbocycles. The van der Waals surface area contributed by atoms with Gasteiger partial charge in [-0.1, -0.05) is 20.8 Å². The van der Waals surface area contributed by atoms with Crippen LogP contribution in [0.1, 0.15) is 27.2 Å². The van der Waals surface area contributed by atoms with E-state index in [-0.39, 0.29) is 6.09 Å². The van der Waals surface area contributed by atoms with E-state index in [0.29, 0.717) is 13.2 Å². The van der Waals surface area contributed by atoms with Crippen molar-refractivity contribution in [3.05, 3.63) is 0 Å². The molecule has 0 aromatic heterocycles. The molecule has 0 saturated heterocycles. The van der Waals surface area contributed by atoms with Crippen molar-refractivity contribution >= 4 is 6.09 Å². The van der Waals surface area contributed by atoms with Crippen LogP contribution in [0.3, 0.4) is 0 Å². The van der Waals surface area contributed by atoms with Crippen LogP contribution in [0.25, 0.3) is 0 Å². The number of ether oxygens (including phenoxy) is 1. The lowest BCUT2D eigenvalue weighted by atomic mass is 10.5. The first-order valence-corrected chi connectivity index (χ1v) is 5.37. The molecule has 0 rings (SSSR count). The molecule has 4 nitrogen and oxygen atoms in total. The highest BCUT2D eigenvalue weighted by Gasteiger charge is 2.02. The van der Waals surface area contributed by atoms with E-state index >= 15 is 0 Å². The minimum Gasteiger partial charge on any atom is -0.448 e. The number of rotatable bonds is 7. The zero-order chi connectivity index (χ0) is 10.8. The molecule has 1 amide bonds. The summed E-state index contributed by atoms with van der Waals surface area (Å²) in [5, 5.41) is 2.66. The molecule has 4 heteroatoms. The van der Waals surface area contributed by atoms with Crippen molar-refractivity contribution in [2.24, 2.45) is 0 Å². The van der Waals surface area contributed by atoms with Gasteiger partial charge in [-0.25, -0.2) is 4.79 Å². The molecule has 0 saturated carbocycles. The highest BCUT2D eigenvalue weighted by atomic mass is 16.5. The molecule has 1 N–H and O–H groups in total. The van der Waals surface area contributed by atoms with Crippen molar-refractivity contribution in [2.45, 2.75) is 27.2 Å². The van der Waals surface area contributed by atoms with E-state index in [1.165, 1.54) is 0 Å². The van der Waals surface area contributed by atoms with Crippen molar-refractivity contribution in [2.75, 3.05) is 32.8 Å². The van der Waals surface area contributed by atoms with Crippen LogP contribution in [-0.4, -0.2) is 43.8 Å². The highest BCUT2D eigenvalue weighted by Crippen LogP contribution is 1.87. The summed E-state index contributed by atoms with van der Waals surface area (Å²) in [5.41, 5.74) is 0. The van der Waals surface area contributed by atoms with Crippen LogP contribution >= 0.6 is 0 Å². The Hall–Kier alpha value is -0.770. The normalized spacial score (nSPS) is 10.3. The van der Waals surface area contributed by atoms with Crippen LogP contribution < -0.4 is 5.32 Å². The van der Waals surface area contributed by atoms with Gasteiger partial charge < -0.3 is 15.0 Å². The predicted molar refractivity (Wildman–Crippen MR) is 57.4 cm³/mol. The summed E-state index contributed by atoms with van der Waals surface area (Å²) in [6, 6.07) is 0. The van der Waals surface area contributed by atoms with E-state index in [0.717, 1.165) is 26.1 Å². The molecule has 0 unspecified atom stereocenters. The first-order valence-electron chi connectivity index (χ1n) is 5.37. The molecular weight excluding hydrogens is 180 g/mol. The van der Waals surface area contributed by atoms with Gasteiger partial charge in [0.05, 0.1) is 0 Å². The fraction of sp³-hybridized carbons (Fsp3) is 0.900. The van der Waals surface area contributed by atoms with E-state index in [1.807, 2.05) is 6.92 Å². The van der Waals surface area contributed by atoms with Crippen molar-refractivity contribution in [1.29, 1.82) is 0 Å². The fourth-order valence-corrected chi connectivity index (χ4v) is 1.09. The number of likely N-dealkylation sites (N-methyl/N-ethyl adjacent to an activating group) is 1. The van der Waals surface area contributed by atoms with Gasteiger partial charge >= 0.3 is 6.09 Å². The number of carbonyl (C=O) groups is 1. The molecule has 0 aromatic rings. The molecule has 14 heavy (non-hydrogen) atoms. The second kappa shape index (κ2) is 8.81. The first-order chi connectivity index (χ1) is 6.74. The molecule has 0 spiro atoms. The van der Waals surface area contributed by atoms with Crippen molar-refractivity contribution in [3.63, 3.8) is 0 Å². The Morgan fingerprint density at radius 1 is 1.29 bits per heavy atom. The summed E-state index contributed by atoms with van der Waals surface area (Å²) in [7, 11) is 0. The third-order valence-electron chi connectivity index (χ3n) is 2.05. The third-order valence-corrected chi connectivity index (χ3v) is 2.05. The Balaban J connectivity index is 3.38. The Morgan fingerprint density at radius 3 is 2.43 bits per heavy atom. The summed E-state index contributed by atoms with van der Waals surface area (Å²) >= 11 is 0. The molecular formula is C10H22N2O2. The quantitative estimate of drug-likeness (QED) is 0.679. The standard InChI is InChI=1S/C10H22N2O2/c1-4-7-11-10(13)14-9-8-12(5-2)6-3/h4-9H2,1-3H3,(H,11,13). The van der Waals surface area contributed by atoms with Crippen LogP contribution in [0.2, 0.25) is 0 Å². The lowest BCUT2D eigenvalue weighted by Crippen LogP contribution is -2.31. The van der Waals surface area contributed by atoms with Gasteiger partial charge in [-0.15, -0.1) is 0 Å². The summed E-state index contributed by atoms with van der Waals surface area (Å²) in [4.78, 5) is 13.2. The maximum atomic E-state index is 11.0. The molecule has 0 aliphatic heterocycles. The number of nitrogens with zero attached hydrogens (tertiary/aromatic N) is 1. The fourth-order valence-electron chi connectivity index (χ4n) is 1.09. The Labute approximate surface area is 86.6 Å². The van der Waals surface area contributed by atoms with E-state index in [1.54, 1.807) is 0 Å². The van der Waals surface area contributed by atoms with E-state index < -0.39 is 0 Å². The maximum absolute atomic E-state index is 11.0. The second-order valence-corrected chi connectivity index (χ2v) is 3.09. The average Bonchev–Trinajstić information content (AvgIpc) is 2.21. The van der Waals surface area contributed by atoms with Crippen molar-refractivity contribution in [1.82, 2.24) is 10.2 Å². The highest BCUT2D eigenvalue weighted by molar-refractivity contribution is 5.66. The van der Waals surface area contributed by atoms with Crippen LogP contribution in [0.5, 0.6) is 0 Å². The van der Waals surface area contributed by atoms with E-state index in [4.69, 9.17) is 4.74 Å². The van der Waals surface area contributed by atoms with Gasteiger partial charge in [-0.05, 0) is 19.5 Å². The number of nitrogens with one attached hydrogen (secondary N) is 1. The molecule has 0 aliphatic carbocycles. The van der Waals surface area contributed by atoms with Gasteiger partial charge in [0, 0.05) is 13.1 Å². The molecule has 0 fully saturated rings. The smallest absolute Gasteiger partial charge is 0.407 e. The number of hydrogen-bond donors (Lipinski definition) is 1. The minimum atomic E-state index is -0.306. The largest absolute Gasteiger partial charge is 0.448 e. The van der Waals surface area contributed by atoms with Crippen molar-refractivity contribution < 1.29 is 9.53 Å². The lowest BCUT2D eigenvalue weighted by Gasteiger charge is -2.17. The molecule has 0 radical (unpaired) electrons. The van der Waals surface area contributed by atoms with Gasteiger partial charge in [0.1, 0.15) is 6.61 Å². The number of hydrogen-bond acceptors (Lipinski definition) is 3. The van der Waals surface area contributed by atoms with Gasteiger partial charge in [-0.2, -0.15) is 0 Å².